The molecule has 7 atom stereocenters. The lowest BCUT2D eigenvalue weighted by molar-refractivity contribution is -0.323. The van der Waals surface area contributed by atoms with Gasteiger partial charge < -0.3 is 4.74 Å². The van der Waals surface area contributed by atoms with Gasteiger partial charge in [0.15, 0.2) is 6.17 Å². The van der Waals surface area contributed by atoms with Crippen molar-refractivity contribution in [2.75, 3.05) is 0 Å². The zero-order valence-electron chi connectivity index (χ0n) is 20.2. The van der Waals surface area contributed by atoms with Gasteiger partial charge in [0.1, 0.15) is 36.8 Å². The molecule has 0 spiro atoms. The van der Waals surface area contributed by atoms with Crippen LogP contribution in [0.5, 0.6) is 0 Å². The number of rotatable bonds is 5. The van der Waals surface area contributed by atoms with E-state index in [0.717, 1.165) is 25.7 Å². The molecule has 2 nitrogen and oxygen atoms in total. The van der Waals surface area contributed by atoms with Crippen molar-refractivity contribution in [1.82, 2.24) is 0 Å². The fourth-order valence-electron chi connectivity index (χ4n) is 7.30. The van der Waals surface area contributed by atoms with E-state index >= 15 is 4.39 Å². The van der Waals surface area contributed by atoms with Gasteiger partial charge in [0.05, 0.1) is 12.2 Å². The van der Waals surface area contributed by atoms with Gasteiger partial charge in [-0.25, -0.2) is 26.3 Å². The maximum absolute atomic E-state index is 15.2. The molecular formula is C26H35F8NO. The Labute approximate surface area is 207 Å². The predicted octanol–water partition coefficient (Wildman–Crippen LogP) is 7.56. The Balaban J connectivity index is 1.32. The van der Waals surface area contributed by atoms with Crippen LogP contribution < -0.4 is 0 Å². The topological polar surface area (TPSA) is 33.0 Å². The number of ether oxygens (including phenoxy) is 1. The minimum Gasteiger partial charge on any atom is -0.317 e. The summed E-state index contributed by atoms with van der Waals surface area (Å²) < 4.78 is 120. The average molecular weight is 530 g/mol. The maximum atomic E-state index is 15.2. The van der Waals surface area contributed by atoms with Crippen LogP contribution in [0.3, 0.4) is 0 Å². The van der Waals surface area contributed by atoms with E-state index in [9.17, 15) is 30.7 Å². The van der Waals surface area contributed by atoms with Crippen molar-refractivity contribution in [2.45, 2.75) is 120 Å². The summed E-state index contributed by atoms with van der Waals surface area (Å²) >= 11 is 0. The van der Waals surface area contributed by atoms with Gasteiger partial charge in [-0.3, -0.25) is 0 Å². The van der Waals surface area contributed by atoms with E-state index in [1.807, 2.05) is 0 Å². The molecule has 4 fully saturated rings. The highest BCUT2D eigenvalue weighted by Crippen LogP contribution is 2.50. The first-order valence-electron chi connectivity index (χ1n) is 13.3. The maximum Gasteiger partial charge on any atom is 0.364 e. The van der Waals surface area contributed by atoms with Crippen LogP contribution in [-0.4, -0.2) is 49.2 Å². The highest BCUT2D eigenvalue weighted by Gasteiger charge is 2.57. The summed E-state index contributed by atoms with van der Waals surface area (Å²) in [6.07, 6.45) is -16.7. The van der Waals surface area contributed by atoms with E-state index < -0.39 is 92.7 Å². The number of hydrogen-bond donors (Lipinski definition) is 0. The summed E-state index contributed by atoms with van der Waals surface area (Å²) in [6.45, 7) is 0. The second-order valence-corrected chi connectivity index (χ2v) is 11.5. The summed E-state index contributed by atoms with van der Waals surface area (Å²) in [5.74, 6) is -3.25. The average Bonchev–Trinajstić information content (AvgIpc) is 2.81. The van der Waals surface area contributed by atoms with Crippen LogP contribution in [0, 0.1) is 46.8 Å². The second-order valence-electron chi connectivity index (χ2n) is 11.5. The zero-order chi connectivity index (χ0) is 26.2. The molecule has 4 aliphatic rings. The Morgan fingerprint density at radius 2 is 1.14 bits per heavy atom. The molecule has 0 saturated heterocycles. The van der Waals surface area contributed by atoms with Crippen LogP contribution in [0.25, 0.3) is 0 Å². The second kappa shape index (κ2) is 11.3. The number of nitrogens with zero attached hydrogens (tertiary/aromatic N) is 1. The number of hydrogen-bond acceptors (Lipinski definition) is 2. The van der Waals surface area contributed by atoms with Gasteiger partial charge in [-0.1, -0.05) is 0 Å². The zero-order valence-corrected chi connectivity index (χ0v) is 20.2. The van der Waals surface area contributed by atoms with Gasteiger partial charge in [-0.05, 0) is 81.5 Å². The smallest absolute Gasteiger partial charge is 0.317 e. The fraction of sp³-hybridized carbons (Fsp3) is 0.962. The van der Waals surface area contributed by atoms with Crippen LogP contribution in [0.2, 0.25) is 0 Å². The summed E-state index contributed by atoms with van der Waals surface area (Å²) in [5, 5.41) is 9.06. The lowest BCUT2D eigenvalue weighted by Crippen LogP contribution is -2.52. The molecule has 0 aromatic heterocycles. The monoisotopic (exact) mass is 529 g/mol. The van der Waals surface area contributed by atoms with Crippen molar-refractivity contribution in [3.63, 3.8) is 0 Å². The standard InChI is InChI=1S/C26H35F8NO/c27-19-7-15(14-3-1-13(12-35)2-4-14)5-6-18(19)16-8-20(28)24(21(29)9-16)26(33,34)36-17-10-22(30)25(32)23(31)11-17/h13-25H,1-11H2. The predicted molar refractivity (Wildman–Crippen MR) is 117 cm³/mol. The highest BCUT2D eigenvalue weighted by molar-refractivity contribution is 4.98. The highest BCUT2D eigenvalue weighted by atomic mass is 19.3. The van der Waals surface area contributed by atoms with E-state index in [1.54, 1.807) is 0 Å². The molecule has 7 unspecified atom stereocenters. The molecule has 206 valence electrons. The first-order valence-corrected chi connectivity index (χ1v) is 13.3. The Morgan fingerprint density at radius 1 is 0.611 bits per heavy atom. The van der Waals surface area contributed by atoms with E-state index in [2.05, 4.69) is 10.8 Å². The molecule has 0 aliphatic heterocycles. The van der Waals surface area contributed by atoms with E-state index in [0.29, 0.717) is 18.8 Å². The molecule has 0 aromatic rings. The number of nitriles is 1. The minimum atomic E-state index is -4.33. The minimum absolute atomic E-state index is 0.0505. The van der Waals surface area contributed by atoms with E-state index in [1.165, 1.54) is 0 Å². The van der Waals surface area contributed by atoms with Crippen LogP contribution in [-0.2, 0) is 4.74 Å². The molecule has 4 rings (SSSR count). The van der Waals surface area contributed by atoms with Crippen molar-refractivity contribution in [1.29, 1.82) is 5.26 Å². The molecule has 36 heavy (non-hydrogen) atoms. The van der Waals surface area contributed by atoms with Crippen molar-refractivity contribution in [3.05, 3.63) is 0 Å². The molecule has 0 aromatic carbocycles. The summed E-state index contributed by atoms with van der Waals surface area (Å²) in [6, 6.07) is 2.28. The van der Waals surface area contributed by atoms with Crippen LogP contribution >= 0.6 is 0 Å². The molecular weight excluding hydrogens is 494 g/mol. The molecule has 0 amide bonds. The van der Waals surface area contributed by atoms with Gasteiger partial charge in [0.2, 0.25) is 0 Å². The summed E-state index contributed by atoms with van der Waals surface area (Å²) in [4.78, 5) is 0. The Hall–Kier alpha value is -1.11. The third-order valence-electron chi connectivity index (χ3n) is 9.30. The lowest BCUT2D eigenvalue weighted by Gasteiger charge is -2.45. The van der Waals surface area contributed by atoms with Crippen molar-refractivity contribution < 1.29 is 39.9 Å². The molecule has 4 saturated carbocycles. The first-order chi connectivity index (χ1) is 17.0. The van der Waals surface area contributed by atoms with Crippen LogP contribution in [0.4, 0.5) is 35.1 Å². The van der Waals surface area contributed by atoms with Crippen molar-refractivity contribution >= 4 is 0 Å². The van der Waals surface area contributed by atoms with Gasteiger partial charge in [-0.2, -0.15) is 14.0 Å². The molecule has 0 N–H and O–H groups in total. The van der Waals surface area contributed by atoms with Gasteiger partial charge >= 0.3 is 6.11 Å². The summed E-state index contributed by atoms with van der Waals surface area (Å²) in [5.41, 5.74) is 0. The van der Waals surface area contributed by atoms with Gasteiger partial charge in [-0.15, -0.1) is 0 Å². The van der Waals surface area contributed by atoms with E-state index in [-0.39, 0.29) is 18.3 Å². The molecule has 4 aliphatic carbocycles. The number of alkyl halides is 8. The van der Waals surface area contributed by atoms with Crippen molar-refractivity contribution in [3.8, 4) is 6.07 Å². The Morgan fingerprint density at radius 3 is 1.67 bits per heavy atom. The first kappa shape index (κ1) is 27.9. The molecule has 0 radical (unpaired) electrons. The fourth-order valence-corrected chi connectivity index (χ4v) is 7.30. The van der Waals surface area contributed by atoms with E-state index in [4.69, 9.17) is 5.26 Å². The summed E-state index contributed by atoms with van der Waals surface area (Å²) in [7, 11) is 0. The van der Waals surface area contributed by atoms with Crippen molar-refractivity contribution in [2.24, 2.45) is 35.5 Å². The lowest BCUT2D eigenvalue weighted by atomic mass is 9.63. The Kier molecular flexibility index (Phi) is 8.78. The largest absolute Gasteiger partial charge is 0.364 e. The van der Waals surface area contributed by atoms with Crippen LogP contribution in [0.15, 0.2) is 0 Å². The molecule has 10 heteroatoms. The third-order valence-corrected chi connectivity index (χ3v) is 9.30. The SMILES string of the molecule is N#CC1CCC(C2CCC(C3CC(F)C(C(F)(F)OC4CC(F)C(F)C(F)C4)C(F)C3)C(F)C2)CC1. The van der Waals surface area contributed by atoms with Crippen LogP contribution in [0.1, 0.15) is 70.6 Å². The number of halogens is 8. The third kappa shape index (κ3) is 5.96. The normalized spacial score (nSPS) is 48.8. The molecule has 0 bridgehead atoms. The Bertz CT molecular complexity index is 748. The molecule has 0 heterocycles. The quantitative estimate of drug-likeness (QED) is 0.345. The van der Waals surface area contributed by atoms with Gasteiger partial charge in [0.25, 0.3) is 0 Å². The van der Waals surface area contributed by atoms with Gasteiger partial charge in [0, 0.05) is 18.8 Å².